The third-order valence-electron chi connectivity index (χ3n) is 9.23. The molecule has 8 heteroatoms. The van der Waals surface area contributed by atoms with Crippen LogP contribution in [0.3, 0.4) is 0 Å². The van der Waals surface area contributed by atoms with Crippen molar-refractivity contribution in [3.63, 3.8) is 0 Å². The van der Waals surface area contributed by atoms with Crippen LogP contribution in [0, 0.1) is 0 Å². The van der Waals surface area contributed by atoms with Crippen LogP contribution in [0.15, 0.2) is 0 Å². The van der Waals surface area contributed by atoms with Gasteiger partial charge in [-0.15, -0.1) is 0 Å². The maximum atomic E-state index is 12.5. The molecule has 0 aromatic rings. The van der Waals surface area contributed by atoms with Gasteiger partial charge in [0.1, 0.15) is 6.61 Å². The summed E-state index contributed by atoms with van der Waals surface area (Å²) in [6.45, 7) is 4.40. The zero-order valence-corrected chi connectivity index (χ0v) is 32.2. The topological polar surface area (TPSA) is 99.1 Å². The molecule has 2 atom stereocenters. The Kier molecular flexibility index (Phi) is 31.4. The number of quaternary nitrogens is 1. The van der Waals surface area contributed by atoms with Gasteiger partial charge in [0.2, 0.25) is 0 Å². The van der Waals surface area contributed by atoms with Crippen molar-refractivity contribution in [1.82, 2.24) is 0 Å². The van der Waals surface area contributed by atoms with E-state index in [2.05, 4.69) is 6.92 Å². The number of carbonyl (C=O) groups is 3. The van der Waals surface area contributed by atoms with Gasteiger partial charge in [-0.25, -0.2) is 4.79 Å². The van der Waals surface area contributed by atoms with Gasteiger partial charge < -0.3 is 23.8 Å². The van der Waals surface area contributed by atoms with Crippen molar-refractivity contribution in [2.75, 3.05) is 41.0 Å². The second kappa shape index (κ2) is 32.5. The number of likely N-dealkylation sites (N-methyl/N-ethyl adjacent to an activating group) is 1. The van der Waals surface area contributed by atoms with Crippen LogP contribution in [0.2, 0.25) is 0 Å². The van der Waals surface area contributed by atoms with Crippen LogP contribution >= 0.6 is 0 Å². The Balaban J connectivity index is 3.83. The number of aliphatic carboxylic acids is 1. The molecule has 0 rings (SSSR count). The molecule has 0 heterocycles. The minimum atomic E-state index is -0.877. The summed E-state index contributed by atoms with van der Waals surface area (Å²) in [6, 6.07) is -0.604. The zero-order valence-electron chi connectivity index (χ0n) is 32.2. The van der Waals surface area contributed by atoms with Gasteiger partial charge in [-0.3, -0.25) is 9.59 Å². The van der Waals surface area contributed by atoms with Crippen LogP contribution in [-0.2, 0) is 28.6 Å². The fourth-order valence-electron chi connectivity index (χ4n) is 6.13. The number of carbonyl (C=O) groups excluding carboxylic acids is 2. The van der Waals surface area contributed by atoms with Crippen LogP contribution in [-0.4, -0.2) is 80.6 Å². The van der Waals surface area contributed by atoms with E-state index < -0.39 is 18.1 Å². The third kappa shape index (κ3) is 30.4. The first kappa shape index (κ1) is 46.3. The van der Waals surface area contributed by atoms with E-state index in [9.17, 15) is 19.5 Å². The van der Waals surface area contributed by atoms with Crippen molar-refractivity contribution >= 4 is 17.9 Å². The van der Waals surface area contributed by atoms with Crippen LogP contribution in [0.5, 0.6) is 0 Å². The van der Waals surface area contributed by atoms with E-state index in [1.165, 1.54) is 128 Å². The van der Waals surface area contributed by atoms with E-state index in [4.69, 9.17) is 14.2 Å². The smallest absolute Gasteiger partial charge is 0.362 e. The maximum Gasteiger partial charge on any atom is 0.362 e. The summed E-state index contributed by atoms with van der Waals surface area (Å²) in [6.07, 6.45) is 31.6. The van der Waals surface area contributed by atoms with Gasteiger partial charge in [0.25, 0.3) is 0 Å². The van der Waals surface area contributed by atoms with Crippen LogP contribution in [0.1, 0.15) is 187 Å². The molecule has 2 unspecified atom stereocenters. The molecule has 0 amide bonds. The highest BCUT2D eigenvalue weighted by Gasteiger charge is 2.31. The molecule has 0 saturated heterocycles. The Morgan fingerprint density at radius 2 is 0.958 bits per heavy atom. The quantitative estimate of drug-likeness (QED) is 0.0398. The number of esters is 2. The molecule has 0 aliphatic rings. The third-order valence-corrected chi connectivity index (χ3v) is 9.23. The molecule has 8 nitrogen and oxygen atoms in total. The van der Waals surface area contributed by atoms with Crippen LogP contribution in [0.4, 0.5) is 0 Å². The Labute approximate surface area is 296 Å². The SMILES string of the molecule is CCCCCCCCCCCCCCCCCCCCCCCCCC(=O)OC(COCCC(C(=O)O)[N+](C)(C)C)COC(=O)CCC. The Bertz CT molecular complexity index is 767. The molecule has 0 radical (unpaired) electrons. The Hall–Kier alpha value is -1.67. The number of nitrogens with zero attached hydrogens (tertiary/aromatic N) is 1. The normalized spacial score (nSPS) is 12.9. The molecule has 0 aliphatic heterocycles. The van der Waals surface area contributed by atoms with E-state index in [-0.39, 0.29) is 36.2 Å². The predicted octanol–water partition coefficient (Wildman–Crippen LogP) is 10.2. The second-order valence-electron chi connectivity index (χ2n) is 14.9. The molecule has 0 aromatic heterocycles. The summed E-state index contributed by atoms with van der Waals surface area (Å²) < 4.78 is 16.8. The lowest BCUT2D eigenvalue weighted by molar-refractivity contribution is -0.887. The molecule has 0 bridgehead atoms. The van der Waals surface area contributed by atoms with Crippen LogP contribution in [0.25, 0.3) is 0 Å². The minimum absolute atomic E-state index is 0.0539. The number of hydrogen-bond donors (Lipinski definition) is 1. The van der Waals surface area contributed by atoms with E-state index in [0.717, 1.165) is 19.3 Å². The van der Waals surface area contributed by atoms with Gasteiger partial charge in [0.05, 0.1) is 34.4 Å². The second-order valence-corrected chi connectivity index (χ2v) is 14.9. The first-order chi connectivity index (χ1) is 23.1. The first-order valence-corrected chi connectivity index (χ1v) is 20.1. The standard InChI is InChI=1S/C40H77NO7/c1-6-8-9-10-11-12-13-14-15-16-17-18-19-20-21-22-23-24-25-26-27-28-29-31-39(43)48-36(35-47-38(42)30-7-2)34-46-33-32-37(40(44)45)41(3,4)5/h36-37H,6-35H2,1-5H3/p+1. The molecule has 0 saturated carbocycles. The highest BCUT2D eigenvalue weighted by molar-refractivity contribution is 5.72. The number of hydrogen-bond acceptors (Lipinski definition) is 6. The molecule has 48 heavy (non-hydrogen) atoms. The molecule has 1 N–H and O–H groups in total. The Morgan fingerprint density at radius 1 is 0.542 bits per heavy atom. The van der Waals surface area contributed by atoms with E-state index >= 15 is 0 Å². The fourth-order valence-corrected chi connectivity index (χ4v) is 6.13. The largest absolute Gasteiger partial charge is 0.477 e. The van der Waals surface area contributed by atoms with Gasteiger partial charge in [0, 0.05) is 19.3 Å². The summed E-state index contributed by atoms with van der Waals surface area (Å²) in [5, 5.41) is 9.50. The van der Waals surface area contributed by atoms with E-state index in [0.29, 0.717) is 25.7 Å². The number of carboxylic acids is 1. The van der Waals surface area contributed by atoms with Crippen molar-refractivity contribution in [2.24, 2.45) is 0 Å². The van der Waals surface area contributed by atoms with Crippen molar-refractivity contribution in [3.05, 3.63) is 0 Å². The summed E-state index contributed by atoms with van der Waals surface area (Å²) >= 11 is 0. The summed E-state index contributed by atoms with van der Waals surface area (Å²) in [4.78, 5) is 35.9. The summed E-state index contributed by atoms with van der Waals surface area (Å²) in [5.41, 5.74) is 0. The molecular formula is C40H78NO7+. The summed E-state index contributed by atoms with van der Waals surface area (Å²) in [7, 11) is 5.50. The highest BCUT2D eigenvalue weighted by atomic mass is 16.6. The molecular weight excluding hydrogens is 606 g/mol. The van der Waals surface area contributed by atoms with Crippen molar-refractivity contribution in [3.8, 4) is 0 Å². The van der Waals surface area contributed by atoms with Gasteiger partial charge in [-0.05, 0) is 12.8 Å². The average Bonchev–Trinajstić information content (AvgIpc) is 3.03. The molecule has 0 fully saturated rings. The summed E-state index contributed by atoms with van der Waals surface area (Å²) in [5.74, 6) is -1.52. The average molecular weight is 685 g/mol. The molecule has 0 aromatic carbocycles. The lowest BCUT2D eigenvalue weighted by atomic mass is 10.0. The lowest BCUT2D eigenvalue weighted by Gasteiger charge is -2.31. The minimum Gasteiger partial charge on any atom is -0.477 e. The first-order valence-electron chi connectivity index (χ1n) is 20.1. The molecule has 284 valence electrons. The van der Waals surface area contributed by atoms with Crippen molar-refractivity contribution in [1.29, 1.82) is 0 Å². The Morgan fingerprint density at radius 3 is 1.33 bits per heavy atom. The monoisotopic (exact) mass is 685 g/mol. The van der Waals surface area contributed by atoms with E-state index in [1.54, 1.807) is 0 Å². The number of ether oxygens (including phenoxy) is 3. The van der Waals surface area contributed by atoms with Gasteiger partial charge in [0.15, 0.2) is 12.1 Å². The lowest BCUT2D eigenvalue weighted by Crippen LogP contribution is -2.50. The maximum absolute atomic E-state index is 12.5. The van der Waals surface area contributed by atoms with Crippen molar-refractivity contribution in [2.45, 2.75) is 199 Å². The van der Waals surface area contributed by atoms with Gasteiger partial charge in [-0.2, -0.15) is 0 Å². The number of rotatable bonds is 36. The van der Waals surface area contributed by atoms with E-state index in [1.807, 2.05) is 28.1 Å². The molecule has 0 spiro atoms. The number of unbranched alkanes of at least 4 members (excludes halogenated alkanes) is 22. The van der Waals surface area contributed by atoms with Gasteiger partial charge >= 0.3 is 17.9 Å². The highest BCUT2D eigenvalue weighted by Crippen LogP contribution is 2.16. The van der Waals surface area contributed by atoms with Crippen LogP contribution < -0.4 is 0 Å². The number of carboxylic acid groups (broad SMARTS) is 1. The fraction of sp³-hybridized carbons (Fsp3) is 0.925. The van der Waals surface area contributed by atoms with Crippen molar-refractivity contribution < 1.29 is 38.2 Å². The zero-order chi connectivity index (χ0) is 35.7. The molecule has 0 aliphatic carbocycles. The predicted molar refractivity (Wildman–Crippen MR) is 197 cm³/mol. The van der Waals surface area contributed by atoms with Gasteiger partial charge in [-0.1, -0.05) is 155 Å².